The molecule has 0 radical (unpaired) electrons. The van der Waals surface area contributed by atoms with Gasteiger partial charge in [0.1, 0.15) is 5.15 Å². The van der Waals surface area contributed by atoms with E-state index >= 15 is 0 Å². The number of hydrogen-bond acceptors (Lipinski definition) is 5. The van der Waals surface area contributed by atoms with Crippen LogP contribution in [0.1, 0.15) is 0 Å². The number of pyridine rings is 1. The summed E-state index contributed by atoms with van der Waals surface area (Å²) in [6, 6.07) is 2.58. The van der Waals surface area contributed by atoms with Crippen LogP contribution in [0.15, 0.2) is 12.1 Å². The summed E-state index contributed by atoms with van der Waals surface area (Å²) in [6.45, 7) is 0. The number of hydrogen-bond donors (Lipinski definition) is 1. The number of anilines is 1. The second kappa shape index (κ2) is 4.01. The number of rotatable bonds is 3. The molecule has 0 fully saturated rings. The summed E-state index contributed by atoms with van der Waals surface area (Å²) in [6.07, 6.45) is 0. The smallest absolute Gasteiger partial charge is 0.278 e. The van der Waals surface area contributed by atoms with Crippen molar-refractivity contribution in [2.45, 2.75) is 0 Å². The zero-order chi connectivity index (χ0) is 9.84. The average Bonchev–Trinajstić information content (AvgIpc) is 2.04. The number of halogens is 1. The lowest BCUT2D eigenvalue weighted by atomic mass is 10.4. The largest absolute Gasteiger partial charge is 0.313 e. The van der Waals surface area contributed by atoms with Crippen LogP contribution in [0.25, 0.3) is 0 Å². The Morgan fingerprint density at radius 2 is 2.38 bits per heavy atom. The van der Waals surface area contributed by atoms with Gasteiger partial charge in [0.15, 0.2) is 0 Å². The molecule has 0 amide bonds. The van der Waals surface area contributed by atoms with Gasteiger partial charge < -0.3 is 0 Å². The molecule has 1 aromatic rings. The molecule has 0 aliphatic rings. The molecular weight excluding hydrogens is 198 g/mol. The van der Waals surface area contributed by atoms with E-state index in [0.29, 0.717) is 0 Å². The lowest BCUT2D eigenvalue weighted by Gasteiger charge is -2.02. The second-order valence-electron chi connectivity index (χ2n) is 2.07. The molecule has 6 nitrogen and oxygen atoms in total. The number of nitro groups is 1. The van der Waals surface area contributed by atoms with E-state index in [1.165, 1.54) is 19.2 Å². The number of aromatic nitrogens is 1. The first-order valence-corrected chi connectivity index (χ1v) is 3.63. The van der Waals surface area contributed by atoms with E-state index in [4.69, 9.17) is 11.6 Å². The van der Waals surface area contributed by atoms with Crippen molar-refractivity contribution in [3.8, 4) is 0 Å². The quantitative estimate of drug-likeness (QED) is 0.459. The molecule has 0 unspecified atom stereocenters. The highest BCUT2D eigenvalue weighted by molar-refractivity contribution is 6.29. The summed E-state index contributed by atoms with van der Waals surface area (Å²) in [5.41, 5.74) is 2.07. The van der Waals surface area contributed by atoms with Gasteiger partial charge in [0.25, 0.3) is 0 Å². The van der Waals surface area contributed by atoms with Crippen LogP contribution >= 0.6 is 11.6 Å². The summed E-state index contributed by atoms with van der Waals surface area (Å²) in [5.74, 6) is -0.0139. The SMILES string of the molecule is CONc1nc(Cl)ccc1[N+](=O)[O-]. The van der Waals surface area contributed by atoms with Gasteiger partial charge >= 0.3 is 5.69 Å². The highest BCUT2D eigenvalue weighted by atomic mass is 35.5. The second-order valence-corrected chi connectivity index (χ2v) is 2.45. The Balaban J connectivity index is 3.10. The van der Waals surface area contributed by atoms with Gasteiger partial charge in [-0.25, -0.2) is 10.5 Å². The average molecular weight is 204 g/mol. The van der Waals surface area contributed by atoms with Crippen molar-refractivity contribution in [1.82, 2.24) is 4.98 Å². The van der Waals surface area contributed by atoms with Gasteiger partial charge in [-0.2, -0.15) is 0 Å². The van der Waals surface area contributed by atoms with Crippen molar-refractivity contribution in [2.24, 2.45) is 0 Å². The van der Waals surface area contributed by atoms with E-state index in [0.717, 1.165) is 0 Å². The maximum absolute atomic E-state index is 10.4. The Kier molecular flexibility index (Phi) is 2.99. The molecule has 0 bridgehead atoms. The number of nitrogens with one attached hydrogen (secondary N) is 1. The van der Waals surface area contributed by atoms with Crippen LogP contribution in [-0.2, 0) is 4.84 Å². The molecule has 1 heterocycles. The molecule has 0 aliphatic heterocycles. The van der Waals surface area contributed by atoms with Crippen molar-refractivity contribution in [3.63, 3.8) is 0 Å². The summed E-state index contributed by atoms with van der Waals surface area (Å²) in [5, 5.41) is 10.6. The highest BCUT2D eigenvalue weighted by Crippen LogP contribution is 2.23. The molecule has 0 spiro atoms. The fourth-order valence-corrected chi connectivity index (χ4v) is 0.895. The lowest BCUT2D eigenvalue weighted by Crippen LogP contribution is -2.02. The summed E-state index contributed by atoms with van der Waals surface area (Å²) in [4.78, 5) is 18.0. The monoisotopic (exact) mass is 203 g/mol. The van der Waals surface area contributed by atoms with Gasteiger partial charge in [-0.15, -0.1) is 0 Å². The molecule has 0 saturated carbocycles. The summed E-state index contributed by atoms with van der Waals surface area (Å²) < 4.78 is 0. The molecule has 0 atom stereocenters. The Morgan fingerprint density at radius 3 is 2.92 bits per heavy atom. The highest BCUT2D eigenvalue weighted by Gasteiger charge is 2.14. The van der Waals surface area contributed by atoms with Crippen LogP contribution in [0.3, 0.4) is 0 Å². The molecule has 1 aromatic heterocycles. The van der Waals surface area contributed by atoms with Gasteiger partial charge in [0.2, 0.25) is 5.82 Å². The third-order valence-electron chi connectivity index (χ3n) is 1.24. The summed E-state index contributed by atoms with van der Waals surface area (Å²) in [7, 11) is 1.33. The third-order valence-corrected chi connectivity index (χ3v) is 1.45. The Hall–Kier alpha value is -1.40. The molecule has 70 valence electrons. The number of nitrogens with zero attached hydrogens (tertiary/aromatic N) is 2. The molecule has 13 heavy (non-hydrogen) atoms. The predicted molar refractivity (Wildman–Crippen MR) is 46.5 cm³/mol. The van der Waals surface area contributed by atoms with Crippen molar-refractivity contribution >= 4 is 23.1 Å². The fourth-order valence-electron chi connectivity index (χ4n) is 0.747. The molecule has 0 aliphatic carbocycles. The van der Waals surface area contributed by atoms with E-state index in [2.05, 4.69) is 15.3 Å². The first-order valence-electron chi connectivity index (χ1n) is 3.25. The van der Waals surface area contributed by atoms with Crippen molar-refractivity contribution in [1.29, 1.82) is 0 Å². The Bertz CT molecular complexity index is 331. The van der Waals surface area contributed by atoms with Crippen LogP contribution < -0.4 is 5.48 Å². The fraction of sp³-hybridized carbons (Fsp3) is 0.167. The van der Waals surface area contributed by atoms with E-state index in [1.54, 1.807) is 0 Å². The first-order chi connectivity index (χ1) is 6.15. The maximum Gasteiger partial charge on any atom is 0.313 e. The third kappa shape index (κ3) is 2.27. The predicted octanol–water partition coefficient (Wildman–Crippen LogP) is 1.62. The summed E-state index contributed by atoms with van der Waals surface area (Å²) >= 11 is 5.53. The molecule has 7 heteroatoms. The minimum absolute atomic E-state index is 0.0139. The minimum atomic E-state index is -0.579. The van der Waals surface area contributed by atoms with E-state index < -0.39 is 4.92 Å². The van der Waals surface area contributed by atoms with Gasteiger partial charge in [0, 0.05) is 6.07 Å². The van der Waals surface area contributed by atoms with Gasteiger partial charge in [-0.05, 0) is 6.07 Å². The molecule has 0 aromatic carbocycles. The van der Waals surface area contributed by atoms with Crippen LogP contribution in [0.5, 0.6) is 0 Å². The first kappa shape index (κ1) is 9.69. The van der Waals surface area contributed by atoms with Gasteiger partial charge in [-0.1, -0.05) is 11.6 Å². The normalized spacial score (nSPS) is 9.69. The van der Waals surface area contributed by atoms with Crippen LogP contribution in [-0.4, -0.2) is 17.0 Å². The lowest BCUT2D eigenvalue weighted by molar-refractivity contribution is -0.384. The van der Waals surface area contributed by atoms with Crippen molar-refractivity contribution < 1.29 is 9.76 Å². The van der Waals surface area contributed by atoms with Crippen LogP contribution in [0.2, 0.25) is 5.15 Å². The zero-order valence-electron chi connectivity index (χ0n) is 6.65. The zero-order valence-corrected chi connectivity index (χ0v) is 7.41. The Labute approximate surface area is 78.6 Å². The van der Waals surface area contributed by atoms with Crippen LogP contribution in [0.4, 0.5) is 11.5 Å². The topological polar surface area (TPSA) is 77.3 Å². The van der Waals surface area contributed by atoms with E-state index in [9.17, 15) is 10.1 Å². The molecule has 1 N–H and O–H groups in total. The van der Waals surface area contributed by atoms with Gasteiger partial charge in [0.05, 0.1) is 12.0 Å². The minimum Gasteiger partial charge on any atom is -0.278 e. The Morgan fingerprint density at radius 1 is 1.69 bits per heavy atom. The standard InChI is InChI=1S/C6H6ClN3O3/c1-13-9-6-4(10(11)12)2-3-5(7)8-6/h2-3H,1H3,(H,8,9). The maximum atomic E-state index is 10.4. The van der Waals surface area contributed by atoms with Crippen LogP contribution in [0, 0.1) is 10.1 Å². The molecule has 0 saturated heterocycles. The van der Waals surface area contributed by atoms with Crippen molar-refractivity contribution in [3.05, 3.63) is 27.4 Å². The van der Waals surface area contributed by atoms with E-state index in [1.807, 2.05) is 0 Å². The van der Waals surface area contributed by atoms with Gasteiger partial charge in [-0.3, -0.25) is 15.0 Å². The van der Waals surface area contributed by atoms with E-state index in [-0.39, 0.29) is 16.7 Å². The van der Waals surface area contributed by atoms with Crippen molar-refractivity contribution in [2.75, 3.05) is 12.6 Å². The molecular formula is C6H6ClN3O3. The molecule has 1 rings (SSSR count).